The maximum atomic E-state index is 8.93. The Morgan fingerprint density at radius 2 is 2.06 bits per heavy atom. The minimum atomic E-state index is 0.447. The van der Waals surface area contributed by atoms with Gasteiger partial charge in [0.1, 0.15) is 16.8 Å². The van der Waals surface area contributed by atoms with E-state index >= 15 is 0 Å². The zero-order valence-electron chi connectivity index (χ0n) is 10.2. The van der Waals surface area contributed by atoms with Gasteiger partial charge < -0.3 is 0 Å². The Hall–Kier alpha value is -1.79. The molecule has 0 saturated heterocycles. The molecule has 1 heterocycles. The van der Waals surface area contributed by atoms with Crippen molar-refractivity contribution in [2.75, 3.05) is 0 Å². The van der Waals surface area contributed by atoms with Crippen LogP contribution < -0.4 is 0 Å². The summed E-state index contributed by atoms with van der Waals surface area (Å²) in [6, 6.07) is 12.4. The van der Waals surface area contributed by atoms with Gasteiger partial charge in [-0.15, -0.1) is 0 Å². The summed E-state index contributed by atoms with van der Waals surface area (Å²) < 4.78 is 1.71. The van der Waals surface area contributed by atoms with Crippen molar-refractivity contribution >= 4 is 11.6 Å². The molecule has 1 aromatic heterocycles. The number of benzene rings is 1. The molecule has 0 aliphatic heterocycles. The zero-order valence-corrected chi connectivity index (χ0v) is 11.0. The van der Waals surface area contributed by atoms with Gasteiger partial charge in [-0.25, -0.2) is 0 Å². The third-order valence-corrected chi connectivity index (χ3v) is 3.24. The van der Waals surface area contributed by atoms with Crippen molar-refractivity contribution in [3.63, 3.8) is 0 Å². The zero-order chi connectivity index (χ0) is 13.0. The lowest BCUT2D eigenvalue weighted by Gasteiger charge is -2.03. The number of nitrogens with zero attached hydrogens (tertiary/aromatic N) is 3. The molecule has 18 heavy (non-hydrogen) atoms. The smallest absolute Gasteiger partial charge is 0.145 e. The van der Waals surface area contributed by atoms with Crippen molar-refractivity contribution < 1.29 is 0 Å². The van der Waals surface area contributed by atoms with Gasteiger partial charge in [-0.1, -0.05) is 41.9 Å². The number of nitriles is 1. The largest absolute Gasteiger partial charge is 0.252 e. The quantitative estimate of drug-likeness (QED) is 0.845. The van der Waals surface area contributed by atoms with Crippen LogP contribution in [-0.4, -0.2) is 9.78 Å². The Bertz CT molecular complexity index is 567. The van der Waals surface area contributed by atoms with Crippen LogP contribution >= 0.6 is 11.6 Å². The van der Waals surface area contributed by atoms with E-state index in [9.17, 15) is 0 Å². The molecule has 0 N–H and O–H groups in total. The molecule has 92 valence electrons. The second kappa shape index (κ2) is 5.70. The monoisotopic (exact) mass is 259 g/mol. The van der Waals surface area contributed by atoms with Crippen molar-refractivity contribution in [1.82, 2.24) is 9.78 Å². The van der Waals surface area contributed by atoms with E-state index in [4.69, 9.17) is 16.9 Å². The van der Waals surface area contributed by atoms with Crippen LogP contribution in [-0.2, 0) is 13.0 Å². The Labute approximate surface area is 112 Å². The van der Waals surface area contributed by atoms with Crippen molar-refractivity contribution in [2.45, 2.75) is 26.3 Å². The van der Waals surface area contributed by atoms with E-state index in [1.165, 1.54) is 5.56 Å². The standard InChI is InChI=1S/C14H14ClN3/c1-11-13(10-16)14(15)18(17-11)9-5-8-12-6-3-2-4-7-12/h2-4,6-7H,5,8-9H2,1H3. The normalized spacial score (nSPS) is 10.3. The highest BCUT2D eigenvalue weighted by molar-refractivity contribution is 6.30. The first kappa shape index (κ1) is 12.7. The number of hydrogen-bond donors (Lipinski definition) is 0. The number of halogens is 1. The van der Waals surface area contributed by atoms with Crippen molar-refractivity contribution in [1.29, 1.82) is 5.26 Å². The maximum absolute atomic E-state index is 8.93. The lowest BCUT2D eigenvalue weighted by atomic mass is 10.1. The molecule has 0 aliphatic carbocycles. The molecular weight excluding hydrogens is 246 g/mol. The topological polar surface area (TPSA) is 41.6 Å². The van der Waals surface area contributed by atoms with Crippen LogP contribution in [0.15, 0.2) is 30.3 Å². The molecule has 1 aromatic carbocycles. The van der Waals surface area contributed by atoms with Crippen molar-refractivity contribution in [3.8, 4) is 6.07 Å². The van der Waals surface area contributed by atoms with Crippen LogP contribution in [0.4, 0.5) is 0 Å². The summed E-state index contributed by atoms with van der Waals surface area (Å²) in [7, 11) is 0. The van der Waals surface area contributed by atoms with Crippen molar-refractivity contribution in [2.24, 2.45) is 0 Å². The SMILES string of the molecule is Cc1nn(CCCc2ccccc2)c(Cl)c1C#N. The average molecular weight is 260 g/mol. The number of aromatic nitrogens is 2. The molecule has 0 spiro atoms. The van der Waals surface area contributed by atoms with Crippen LogP contribution in [0.1, 0.15) is 23.2 Å². The van der Waals surface area contributed by atoms with E-state index in [1.807, 2.05) is 18.2 Å². The van der Waals surface area contributed by atoms with Gasteiger partial charge in [0.05, 0.1) is 5.69 Å². The van der Waals surface area contributed by atoms with E-state index in [-0.39, 0.29) is 0 Å². The fourth-order valence-electron chi connectivity index (χ4n) is 1.91. The van der Waals surface area contributed by atoms with Crippen LogP contribution in [0.2, 0.25) is 5.15 Å². The summed E-state index contributed by atoms with van der Waals surface area (Å²) in [5, 5.41) is 13.6. The highest BCUT2D eigenvalue weighted by atomic mass is 35.5. The first-order valence-electron chi connectivity index (χ1n) is 5.89. The molecule has 0 atom stereocenters. The molecule has 0 aliphatic rings. The first-order valence-corrected chi connectivity index (χ1v) is 6.27. The molecule has 0 fully saturated rings. The molecule has 4 heteroatoms. The third-order valence-electron chi connectivity index (χ3n) is 2.86. The number of hydrogen-bond acceptors (Lipinski definition) is 2. The van der Waals surface area contributed by atoms with Gasteiger partial charge in [0.25, 0.3) is 0 Å². The molecule has 0 bridgehead atoms. The second-order valence-electron chi connectivity index (χ2n) is 4.18. The van der Waals surface area contributed by atoms with Gasteiger partial charge in [0, 0.05) is 6.54 Å². The molecule has 2 aromatic rings. The minimum absolute atomic E-state index is 0.447. The van der Waals surface area contributed by atoms with E-state index in [0.29, 0.717) is 16.4 Å². The fraction of sp³-hybridized carbons (Fsp3) is 0.286. The highest BCUT2D eigenvalue weighted by Crippen LogP contribution is 2.19. The average Bonchev–Trinajstić information content (AvgIpc) is 2.65. The number of rotatable bonds is 4. The predicted octanol–water partition coefficient (Wildman–Crippen LogP) is 3.35. The highest BCUT2D eigenvalue weighted by Gasteiger charge is 2.12. The van der Waals surface area contributed by atoms with Gasteiger partial charge in [-0.2, -0.15) is 10.4 Å². The summed E-state index contributed by atoms with van der Waals surface area (Å²) in [4.78, 5) is 0. The van der Waals surface area contributed by atoms with Gasteiger partial charge in [0.15, 0.2) is 0 Å². The molecule has 0 saturated carbocycles. The van der Waals surface area contributed by atoms with E-state index < -0.39 is 0 Å². The van der Waals surface area contributed by atoms with Crippen LogP contribution in [0.3, 0.4) is 0 Å². The molecule has 0 amide bonds. The van der Waals surface area contributed by atoms with Crippen molar-refractivity contribution in [3.05, 3.63) is 52.3 Å². The Morgan fingerprint density at radius 3 is 2.67 bits per heavy atom. The van der Waals surface area contributed by atoms with Crippen LogP contribution in [0.25, 0.3) is 0 Å². The van der Waals surface area contributed by atoms with Crippen LogP contribution in [0, 0.1) is 18.3 Å². The van der Waals surface area contributed by atoms with Crippen LogP contribution in [0.5, 0.6) is 0 Å². The summed E-state index contributed by atoms with van der Waals surface area (Å²) in [5.74, 6) is 0. The third kappa shape index (κ3) is 2.72. The molecule has 3 nitrogen and oxygen atoms in total. The summed E-state index contributed by atoms with van der Waals surface area (Å²) in [6.07, 6.45) is 1.94. The Morgan fingerprint density at radius 1 is 1.33 bits per heavy atom. The van der Waals surface area contributed by atoms with Gasteiger partial charge >= 0.3 is 0 Å². The summed E-state index contributed by atoms with van der Waals surface area (Å²) >= 11 is 6.09. The summed E-state index contributed by atoms with van der Waals surface area (Å²) in [5.41, 5.74) is 2.48. The van der Waals surface area contributed by atoms with E-state index in [1.54, 1.807) is 11.6 Å². The number of aryl methyl sites for hydroxylation is 3. The molecule has 2 rings (SSSR count). The first-order chi connectivity index (χ1) is 8.72. The molecule has 0 radical (unpaired) electrons. The van der Waals surface area contributed by atoms with Gasteiger partial charge in [0.2, 0.25) is 0 Å². The fourth-order valence-corrected chi connectivity index (χ4v) is 2.21. The van der Waals surface area contributed by atoms with Gasteiger partial charge in [-0.05, 0) is 25.3 Å². The predicted molar refractivity (Wildman–Crippen MR) is 71.5 cm³/mol. The lowest BCUT2D eigenvalue weighted by Crippen LogP contribution is -2.02. The van der Waals surface area contributed by atoms with E-state index in [0.717, 1.165) is 19.4 Å². The Balaban J connectivity index is 1.97. The van der Waals surface area contributed by atoms with E-state index in [2.05, 4.69) is 23.3 Å². The lowest BCUT2D eigenvalue weighted by molar-refractivity contribution is 0.576. The molecular formula is C14H14ClN3. The molecule has 0 unspecified atom stereocenters. The Kier molecular flexibility index (Phi) is 4.01. The van der Waals surface area contributed by atoms with Gasteiger partial charge in [-0.3, -0.25) is 4.68 Å². The minimum Gasteiger partial charge on any atom is -0.252 e. The second-order valence-corrected chi connectivity index (χ2v) is 4.53. The summed E-state index contributed by atoms with van der Waals surface area (Å²) in [6.45, 7) is 2.54. The maximum Gasteiger partial charge on any atom is 0.145 e.